The van der Waals surface area contributed by atoms with Gasteiger partial charge in [-0.05, 0) is 37.3 Å². The van der Waals surface area contributed by atoms with E-state index in [0.717, 1.165) is 16.9 Å². The maximum atomic E-state index is 12.5. The zero-order chi connectivity index (χ0) is 20.2. The number of aromatic nitrogens is 3. The summed E-state index contributed by atoms with van der Waals surface area (Å²) in [5.74, 6) is -0.299. The molecule has 0 bridgehead atoms. The Morgan fingerprint density at radius 2 is 1.90 bits per heavy atom. The Morgan fingerprint density at radius 3 is 2.66 bits per heavy atom. The van der Waals surface area contributed by atoms with Gasteiger partial charge < -0.3 is 15.0 Å². The van der Waals surface area contributed by atoms with Crippen LogP contribution in [0.15, 0.2) is 73.1 Å². The zero-order valence-corrected chi connectivity index (χ0v) is 15.6. The maximum absolute atomic E-state index is 12.5. The minimum atomic E-state index is -0.958. The van der Waals surface area contributed by atoms with Gasteiger partial charge in [0.1, 0.15) is 5.82 Å². The van der Waals surface area contributed by atoms with Crippen LogP contribution in [0.25, 0.3) is 22.4 Å². The van der Waals surface area contributed by atoms with Crippen molar-refractivity contribution in [3.8, 4) is 11.4 Å². The molecule has 0 radical (unpaired) electrons. The topological polar surface area (TPSA) is 97.0 Å². The summed E-state index contributed by atoms with van der Waals surface area (Å²) >= 11 is 0. The number of aromatic amines is 1. The molecule has 1 atom stereocenters. The Balaban J connectivity index is 1.47. The fraction of sp³-hybridized carbons (Fsp3) is 0.0909. The number of pyridine rings is 1. The average Bonchev–Trinajstić information content (AvgIpc) is 3.18. The normalized spacial score (nSPS) is 11.8. The molecule has 1 unspecified atom stereocenters. The molecule has 0 fully saturated rings. The summed E-state index contributed by atoms with van der Waals surface area (Å²) in [6, 6.07) is 18.2. The molecule has 1 amide bonds. The highest BCUT2D eigenvalue weighted by Gasteiger charge is 2.20. The molecule has 0 aliphatic rings. The van der Waals surface area contributed by atoms with E-state index >= 15 is 0 Å². The molecule has 144 valence electrons. The molecule has 0 aliphatic heterocycles. The molecule has 2 aromatic heterocycles. The number of H-pyrrole nitrogens is 1. The molecule has 7 heteroatoms. The monoisotopic (exact) mass is 386 g/mol. The smallest absolute Gasteiger partial charge is 0.338 e. The highest BCUT2D eigenvalue weighted by molar-refractivity contribution is 5.98. The molecule has 7 nitrogen and oxygen atoms in total. The van der Waals surface area contributed by atoms with Crippen molar-refractivity contribution in [2.45, 2.75) is 13.0 Å². The third kappa shape index (κ3) is 4.14. The van der Waals surface area contributed by atoms with Crippen molar-refractivity contribution in [3.05, 3.63) is 78.6 Å². The maximum Gasteiger partial charge on any atom is 0.338 e. The second-order valence-corrected chi connectivity index (χ2v) is 6.46. The van der Waals surface area contributed by atoms with Crippen LogP contribution in [0.2, 0.25) is 0 Å². The van der Waals surface area contributed by atoms with Crippen LogP contribution in [0.5, 0.6) is 0 Å². The van der Waals surface area contributed by atoms with Gasteiger partial charge in [0.15, 0.2) is 6.10 Å². The third-order valence-electron chi connectivity index (χ3n) is 4.35. The van der Waals surface area contributed by atoms with Gasteiger partial charge in [-0.25, -0.2) is 9.78 Å². The van der Waals surface area contributed by atoms with E-state index in [4.69, 9.17) is 4.74 Å². The van der Waals surface area contributed by atoms with Gasteiger partial charge in [0, 0.05) is 11.8 Å². The second-order valence-electron chi connectivity index (χ2n) is 6.46. The highest BCUT2D eigenvalue weighted by Crippen LogP contribution is 2.21. The molecule has 0 aliphatic carbocycles. The van der Waals surface area contributed by atoms with Crippen LogP contribution in [0, 0.1) is 0 Å². The number of nitrogens with one attached hydrogen (secondary N) is 2. The Kier molecular flexibility index (Phi) is 5.03. The quantitative estimate of drug-likeness (QED) is 0.509. The van der Waals surface area contributed by atoms with Gasteiger partial charge in [-0.3, -0.25) is 9.78 Å². The Labute approximate surface area is 166 Å². The minimum absolute atomic E-state index is 0.335. The van der Waals surface area contributed by atoms with Crippen molar-refractivity contribution in [1.29, 1.82) is 0 Å². The van der Waals surface area contributed by atoms with Crippen LogP contribution in [0.4, 0.5) is 5.69 Å². The summed E-state index contributed by atoms with van der Waals surface area (Å²) in [4.78, 5) is 36.4. The number of amides is 1. The lowest BCUT2D eigenvalue weighted by atomic mass is 10.2. The zero-order valence-electron chi connectivity index (χ0n) is 15.6. The van der Waals surface area contributed by atoms with E-state index in [0.29, 0.717) is 16.8 Å². The van der Waals surface area contributed by atoms with Gasteiger partial charge in [-0.1, -0.05) is 30.3 Å². The number of ether oxygens (including phenoxy) is 1. The first-order chi connectivity index (χ1) is 14.1. The summed E-state index contributed by atoms with van der Waals surface area (Å²) in [6.45, 7) is 1.52. The number of nitrogens with zero attached hydrogens (tertiary/aromatic N) is 2. The highest BCUT2D eigenvalue weighted by atomic mass is 16.5. The number of benzene rings is 2. The Hall–Kier alpha value is -4.00. The number of anilines is 1. The molecule has 4 rings (SSSR count). The molecule has 2 heterocycles. The molecule has 0 spiro atoms. The van der Waals surface area contributed by atoms with Gasteiger partial charge in [0.05, 0.1) is 28.5 Å². The van der Waals surface area contributed by atoms with Crippen molar-refractivity contribution in [3.63, 3.8) is 0 Å². The molecule has 4 aromatic rings. The Bertz CT molecular complexity index is 1160. The van der Waals surface area contributed by atoms with Crippen LogP contribution in [-0.2, 0) is 9.53 Å². The van der Waals surface area contributed by atoms with E-state index in [-0.39, 0.29) is 0 Å². The van der Waals surface area contributed by atoms with Crippen molar-refractivity contribution in [2.75, 3.05) is 5.32 Å². The molecule has 29 heavy (non-hydrogen) atoms. The lowest BCUT2D eigenvalue weighted by molar-refractivity contribution is -0.123. The van der Waals surface area contributed by atoms with E-state index in [1.807, 2.05) is 30.3 Å². The van der Waals surface area contributed by atoms with E-state index in [1.54, 1.807) is 36.5 Å². The lowest BCUT2D eigenvalue weighted by Gasteiger charge is -2.13. The second kappa shape index (κ2) is 7.93. The minimum Gasteiger partial charge on any atom is -0.449 e. The predicted molar refractivity (Wildman–Crippen MR) is 109 cm³/mol. The first kappa shape index (κ1) is 18.4. The first-order valence-electron chi connectivity index (χ1n) is 9.07. The molecule has 0 saturated heterocycles. The van der Waals surface area contributed by atoms with Crippen molar-refractivity contribution in [1.82, 2.24) is 15.0 Å². The molecular formula is C22H18N4O3. The summed E-state index contributed by atoms with van der Waals surface area (Å²) in [6.07, 6.45) is 2.16. The number of fused-ring (bicyclic) bond motifs is 1. The van der Waals surface area contributed by atoms with E-state index in [1.165, 1.54) is 13.1 Å². The van der Waals surface area contributed by atoms with Gasteiger partial charge >= 0.3 is 5.97 Å². The van der Waals surface area contributed by atoms with Crippen molar-refractivity contribution < 1.29 is 14.3 Å². The summed E-state index contributed by atoms with van der Waals surface area (Å²) < 4.78 is 5.31. The average molecular weight is 386 g/mol. The van der Waals surface area contributed by atoms with Gasteiger partial charge in [-0.15, -0.1) is 0 Å². The van der Waals surface area contributed by atoms with Crippen molar-refractivity contribution >= 4 is 28.6 Å². The third-order valence-corrected chi connectivity index (χ3v) is 4.35. The lowest BCUT2D eigenvalue weighted by Crippen LogP contribution is -2.30. The number of carbonyl (C=O) groups excluding carboxylic acids is 2. The summed E-state index contributed by atoms with van der Waals surface area (Å²) in [5.41, 5.74) is 3.27. The number of carbonyl (C=O) groups is 2. The predicted octanol–water partition coefficient (Wildman–Crippen LogP) is 3.81. The standard InChI is InChI=1S/C22H18N4O3/c1-14(21(27)24-17-8-5-11-23-13-17)29-22(28)16-9-10-18-19(12-16)26-20(25-18)15-6-3-2-4-7-15/h2-14H,1H3,(H,24,27)(H,25,26). The van der Waals surface area contributed by atoms with Gasteiger partial charge in [0.2, 0.25) is 0 Å². The molecule has 2 N–H and O–H groups in total. The van der Waals surface area contributed by atoms with E-state index in [2.05, 4.69) is 20.3 Å². The number of hydrogen-bond donors (Lipinski definition) is 2. The molecule has 2 aromatic carbocycles. The van der Waals surface area contributed by atoms with Crippen LogP contribution >= 0.6 is 0 Å². The SMILES string of the molecule is CC(OC(=O)c1ccc2nc(-c3ccccc3)[nH]c2c1)C(=O)Nc1cccnc1. The number of rotatable bonds is 5. The van der Waals surface area contributed by atoms with Gasteiger partial charge in [0.25, 0.3) is 5.91 Å². The van der Waals surface area contributed by atoms with Crippen molar-refractivity contribution in [2.24, 2.45) is 0 Å². The fourth-order valence-electron chi connectivity index (χ4n) is 2.83. The molecule has 0 saturated carbocycles. The fourth-order valence-corrected chi connectivity index (χ4v) is 2.83. The largest absolute Gasteiger partial charge is 0.449 e. The summed E-state index contributed by atoms with van der Waals surface area (Å²) in [7, 11) is 0. The number of esters is 1. The number of imidazole rings is 1. The van der Waals surface area contributed by atoms with Crippen LogP contribution < -0.4 is 5.32 Å². The van der Waals surface area contributed by atoms with E-state index in [9.17, 15) is 9.59 Å². The first-order valence-corrected chi connectivity index (χ1v) is 9.07. The Morgan fingerprint density at radius 1 is 1.07 bits per heavy atom. The van der Waals surface area contributed by atoms with Crippen LogP contribution in [0.1, 0.15) is 17.3 Å². The van der Waals surface area contributed by atoms with Crippen LogP contribution in [0.3, 0.4) is 0 Å². The van der Waals surface area contributed by atoms with E-state index < -0.39 is 18.0 Å². The van der Waals surface area contributed by atoms with Crippen LogP contribution in [-0.4, -0.2) is 32.9 Å². The molecular weight excluding hydrogens is 368 g/mol. The number of hydrogen-bond acceptors (Lipinski definition) is 5. The summed E-state index contributed by atoms with van der Waals surface area (Å²) in [5, 5.41) is 2.65. The van der Waals surface area contributed by atoms with Gasteiger partial charge in [-0.2, -0.15) is 0 Å².